The average Bonchev–Trinajstić information content (AvgIpc) is 3.96. The van der Waals surface area contributed by atoms with E-state index >= 15 is 0 Å². The highest BCUT2D eigenvalue weighted by atomic mass is 16.3. The Labute approximate surface area is 370 Å². The summed E-state index contributed by atoms with van der Waals surface area (Å²) in [5.74, 6) is 0.351. The molecule has 0 bridgehead atoms. The monoisotopic (exact) mass is 800 g/mol. The van der Waals surface area contributed by atoms with Crippen molar-refractivity contribution in [2.24, 2.45) is 0 Å². The number of aromatic nitrogens is 4. The summed E-state index contributed by atoms with van der Waals surface area (Å²) in [6.07, 6.45) is 0. The smallest absolute Gasteiger partial charge is 0.164 e. The lowest BCUT2D eigenvalue weighted by molar-refractivity contribution is 0.669. The number of hydrogen-bond donors (Lipinski definition) is 0. The van der Waals surface area contributed by atoms with E-state index in [0.29, 0.717) is 38.7 Å². The molecule has 3 heterocycles. The lowest BCUT2D eigenvalue weighted by Crippen LogP contribution is -2.00. The van der Waals surface area contributed by atoms with Crippen molar-refractivity contribution >= 4 is 65.3 Å². The number of rotatable bonds is 6. The number of benzene rings is 10. The van der Waals surface area contributed by atoms with Crippen molar-refractivity contribution in [3.8, 4) is 62.1 Å². The van der Waals surface area contributed by atoms with Crippen LogP contribution in [0.15, 0.2) is 210 Å². The molecule has 10 aromatic carbocycles. The van der Waals surface area contributed by atoms with E-state index < -0.39 is 48.3 Å². The normalized spacial score (nSPS) is 14.1. The highest BCUT2D eigenvalue weighted by Gasteiger charge is 2.23. The fourth-order valence-electron chi connectivity index (χ4n) is 9.15. The molecular formula is C57H34N4O. The van der Waals surface area contributed by atoms with Crippen LogP contribution in [0.1, 0.15) is 13.7 Å². The first-order valence-corrected chi connectivity index (χ1v) is 20.1. The summed E-state index contributed by atoms with van der Waals surface area (Å²) in [6.45, 7) is 0. The Balaban J connectivity index is 1.05. The van der Waals surface area contributed by atoms with Crippen molar-refractivity contribution in [2.45, 2.75) is 0 Å². The molecule has 62 heavy (non-hydrogen) atoms. The van der Waals surface area contributed by atoms with Gasteiger partial charge in [0.05, 0.1) is 24.7 Å². The van der Waals surface area contributed by atoms with Crippen LogP contribution in [0, 0.1) is 0 Å². The van der Waals surface area contributed by atoms with Gasteiger partial charge in [0, 0.05) is 49.3 Å². The zero-order chi connectivity index (χ0) is 49.4. The van der Waals surface area contributed by atoms with Crippen LogP contribution in [-0.2, 0) is 0 Å². The molecule has 0 atom stereocenters. The third-order valence-corrected chi connectivity index (χ3v) is 11.8. The lowest BCUT2D eigenvalue weighted by Gasteiger charge is -2.13. The molecule has 0 saturated carbocycles. The molecule has 0 aliphatic rings. The molecule has 0 aliphatic heterocycles. The highest BCUT2D eigenvalue weighted by molar-refractivity contribution is 6.36. The molecule has 13 rings (SSSR count). The van der Waals surface area contributed by atoms with E-state index in [1.165, 1.54) is 0 Å². The number of nitrogens with zero attached hydrogens (tertiary/aromatic N) is 4. The van der Waals surface area contributed by atoms with Crippen LogP contribution in [0.25, 0.3) is 127 Å². The first-order chi connectivity index (χ1) is 34.9. The Morgan fingerprint density at radius 2 is 1.00 bits per heavy atom. The van der Waals surface area contributed by atoms with Crippen LogP contribution >= 0.6 is 0 Å². The fourth-order valence-corrected chi connectivity index (χ4v) is 9.15. The highest BCUT2D eigenvalue weighted by Crippen LogP contribution is 2.48. The Bertz CT molecular complexity index is 4400. The largest absolute Gasteiger partial charge is 0.456 e. The summed E-state index contributed by atoms with van der Waals surface area (Å²) in [6, 6.07) is 42.9. The van der Waals surface area contributed by atoms with Crippen molar-refractivity contribution in [1.82, 2.24) is 19.5 Å². The van der Waals surface area contributed by atoms with E-state index in [1.54, 1.807) is 4.57 Å². The maximum absolute atomic E-state index is 9.04. The summed E-state index contributed by atoms with van der Waals surface area (Å²) in [4.78, 5) is 14.7. The van der Waals surface area contributed by atoms with Gasteiger partial charge in [-0.15, -0.1) is 0 Å². The Hall–Kier alpha value is -8.41. The van der Waals surface area contributed by atoms with Crippen molar-refractivity contribution in [3.05, 3.63) is 206 Å². The van der Waals surface area contributed by atoms with Gasteiger partial charge >= 0.3 is 0 Å². The van der Waals surface area contributed by atoms with Gasteiger partial charge in [-0.25, -0.2) is 15.0 Å². The molecule has 5 heteroatoms. The second-order valence-electron chi connectivity index (χ2n) is 15.2. The van der Waals surface area contributed by atoms with Gasteiger partial charge in [-0.3, -0.25) is 0 Å². The molecule has 0 spiro atoms. The Morgan fingerprint density at radius 3 is 1.82 bits per heavy atom. The van der Waals surface area contributed by atoms with Crippen LogP contribution in [0.2, 0.25) is 0 Å². The molecular weight excluding hydrogens is 757 g/mol. The predicted octanol–water partition coefficient (Wildman–Crippen LogP) is 14.9. The Kier molecular flexibility index (Phi) is 5.67. The molecule has 0 N–H and O–H groups in total. The average molecular weight is 801 g/mol. The van der Waals surface area contributed by atoms with Crippen LogP contribution in [0.3, 0.4) is 0 Å². The second kappa shape index (κ2) is 13.6. The maximum Gasteiger partial charge on any atom is 0.164 e. The zero-order valence-electron chi connectivity index (χ0n) is 42.6. The minimum absolute atomic E-state index is 0.0713. The van der Waals surface area contributed by atoms with Crippen molar-refractivity contribution in [2.75, 3.05) is 0 Å². The lowest BCUT2D eigenvalue weighted by atomic mass is 9.89. The van der Waals surface area contributed by atoms with Crippen LogP contribution in [0.4, 0.5) is 0 Å². The number of para-hydroxylation sites is 1. The number of hydrogen-bond acceptors (Lipinski definition) is 4. The predicted molar refractivity (Wildman–Crippen MR) is 255 cm³/mol. The molecule has 0 aliphatic carbocycles. The SMILES string of the molecule is [2H]c1c([2H])c([2H])c(-c2nc(-c3ccc(-c4ccccc4)cc3)nc(-c3cccc4oc5ccc(-c6ccc7c8c6c6ccccc6c6cccc(c68)n7-c6c([2H])c([2H])c([2H])c([2H])c6[2H])cc5c34)n2)c([2H])c1[2H]. The first-order valence-electron chi connectivity index (χ1n) is 25.1. The molecule has 0 fully saturated rings. The van der Waals surface area contributed by atoms with Gasteiger partial charge in [0.2, 0.25) is 0 Å². The molecule has 3 aromatic heterocycles. The Morgan fingerprint density at radius 1 is 0.371 bits per heavy atom. The van der Waals surface area contributed by atoms with Gasteiger partial charge in [0.1, 0.15) is 11.2 Å². The van der Waals surface area contributed by atoms with Crippen LogP contribution in [0.5, 0.6) is 0 Å². The summed E-state index contributed by atoms with van der Waals surface area (Å²) in [5, 5.41) is 7.09. The summed E-state index contributed by atoms with van der Waals surface area (Å²) in [7, 11) is 0. The maximum atomic E-state index is 9.04. The van der Waals surface area contributed by atoms with Gasteiger partial charge in [-0.05, 0) is 80.8 Å². The summed E-state index contributed by atoms with van der Waals surface area (Å²) in [5.41, 5.74) is 7.39. The van der Waals surface area contributed by atoms with Crippen molar-refractivity contribution < 1.29 is 18.1 Å². The van der Waals surface area contributed by atoms with Crippen LogP contribution in [-0.4, -0.2) is 19.5 Å². The molecule has 13 aromatic rings. The van der Waals surface area contributed by atoms with Gasteiger partial charge in [-0.1, -0.05) is 164 Å². The molecule has 0 radical (unpaired) electrons. The van der Waals surface area contributed by atoms with E-state index in [-0.39, 0.29) is 40.8 Å². The van der Waals surface area contributed by atoms with E-state index in [4.69, 9.17) is 33.1 Å². The third-order valence-electron chi connectivity index (χ3n) is 11.8. The number of furan rings is 1. The minimum Gasteiger partial charge on any atom is -0.456 e. The second-order valence-corrected chi connectivity index (χ2v) is 15.2. The van der Waals surface area contributed by atoms with E-state index in [1.807, 2.05) is 121 Å². The van der Waals surface area contributed by atoms with Gasteiger partial charge in [0.15, 0.2) is 17.5 Å². The third kappa shape index (κ3) is 5.25. The first kappa shape index (κ1) is 25.9. The van der Waals surface area contributed by atoms with Crippen LogP contribution < -0.4 is 0 Å². The topological polar surface area (TPSA) is 56.7 Å². The van der Waals surface area contributed by atoms with Crippen molar-refractivity contribution in [3.63, 3.8) is 0 Å². The quantitative estimate of drug-likeness (QED) is 0.157. The zero-order valence-corrected chi connectivity index (χ0v) is 32.6. The molecule has 0 unspecified atom stereocenters. The van der Waals surface area contributed by atoms with Gasteiger partial charge in [0.25, 0.3) is 0 Å². The fraction of sp³-hybridized carbons (Fsp3) is 0. The van der Waals surface area contributed by atoms with E-state index in [9.17, 15) is 0 Å². The van der Waals surface area contributed by atoms with Crippen molar-refractivity contribution in [1.29, 1.82) is 0 Å². The van der Waals surface area contributed by atoms with E-state index in [0.717, 1.165) is 60.0 Å². The van der Waals surface area contributed by atoms with Gasteiger partial charge in [-0.2, -0.15) is 0 Å². The molecule has 0 amide bonds. The standard InChI is InChI=1S/C57H34N4O/c1-4-14-35(15-5-1)36-26-28-38(29-27-36)56-58-55(37-16-6-2-7-17-37)59-57(60-56)45-23-13-25-50-51(45)46-34-39(30-33-49(46)62-50)41-31-32-48-54-52(41)43-21-11-10-20-42(43)44-22-12-24-47(53(44)54)61(48)40-18-8-3-9-19-40/h1-34H/i2D,3D,6D,7D,8D,9D,16D,17D,18D,19D. The summed E-state index contributed by atoms with van der Waals surface area (Å²) >= 11 is 0. The summed E-state index contributed by atoms with van der Waals surface area (Å²) < 4.78 is 95.0. The number of fused-ring (bicyclic) bond motifs is 6. The molecule has 5 nitrogen and oxygen atoms in total. The molecule has 0 saturated heterocycles. The minimum atomic E-state index is -0.526. The van der Waals surface area contributed by atoms with E-state index in [2.05, 4.69) is 24.3 Å². The molecule has 288 valence electrons. The van der Waals surface area contributed by atoms with Gasteiger partial charge < -0.3 is 8.98 Å².